The molecule has 0 radical (unpaired) electrons. The molecule has 0 unspecified atom stereocenters. The predicted molar refractivity (Wildman–Crippen MR) is 118 cm³/mol. The fraction of sp³-hybridized carbons (Fsp3) is 0.292. The van der Waals surface area contributed by atoms with Crippen molar-refractivity contribution in [1.82, 2.24) is 9.78 Å². The van der Waals surface area contributed by atoms with E-state index in [9.17, 15) is 19.1 Å². The highest BCUT2D eigenvalue weighted by Crippen LogP contribution is 2.50. The minimum absolute atomic E-state index is 0.0646. The van der Waals surface area contributed by atoms with Gasteiger partial charge in [-0.05, 0) is 68.0 Å². The summed E-state index contributed by atoms with van der Waals surface area (Å²) >= 11 is 6.01. The largest absolute Gasteiger partial charge is 0.478 e. The van der Waals surface area contributed by atoms with E-state index in [1.54, 1.807) is 18.3 Å². The lowest BCUT2D eigenvalue weighted by Crippen LogP contribution is -2.28. The second-order valence-electron chi connectivity index (χ2n) is 8.52. The second-order valence-corrected chi connectivity index (χ2v) is 8.96. The Morgan fingerprint density at radius 1 is 1.19 bits per heavy atom. The fourth-order valence-electron chi connectivity index (χ4n) is 4.24. The maximum atomic E-state index is 14.4. The van der Waals surface area contributed by atoms with Crippen LogP contribution in [0.25, 0.3) is 11.1 Å². The van der Waals surface area contributed by atoms with Crippen molar-refractivity contribution in [2.45, 2.75) is 43.6 Å². The lowest BCUT2D eigenvalue weighted by molar-refractivity contribution is -0.118. The van der Waals surface area contributed by atoms with E-state index >= 15 is 0 Å². The van der Waals surface area contributed by atoms with Crippen LogP contribution in [0.5, 0.6) is 0 Å². The molecule has 164 valence electrons. The first-order valence-corrected chi connectivity index (χ1v) is 10.9. The average molecular weight is 454 g/mol. The molecule has 32 heavy (non-hydrogen) atoms. The number of carbonyl (C=O) groups is 2. The molecule has 6 nitrogen and oxygen atoms in total. The molecule has 1 aromatic heterocycles. The third-order valence-corrected chi connectivity index (χ3v) is 6.73. The number of rotatable bonds is 6. The molecule has 2 aliphatic carbocycles. The molecule has 2 saturated carbocycles. The first-order valence-electron chi connectivity index (χ1n) is 10.6. The smallest absolute Gasteiger partial charge is 0.336 e. The fourth-order valence-corrected chi connectivity index (χ4v) is 4.41. The average Bonchev–Trinajstić information content (AvgIpc) is 3.41. The molecule has 8 heteroatoms. The number of carboxylic acid groups (broad SMARTS) is 1. The van der Waals surface area contributed by atoms with Gasteiger partial charge >= 0.3 is 5.97 Å². The van der Waals surface area contributed by atoms with Crippen LogP contribution < -0.4 is 5.32 Å². The summed E-state index contributed by atoms with van der Waals surface area (Å²) in [6.45, 7) is 0. The number of halogens is 2. The first-order chi connectivity index (χ1) is 15.4. The quantitative estimate of drug-likeness (QED) is 0.520. The summed E-state index contributed by atoms with van der Waals surface area (Å²) in [5, 5.41) is 17.3. The number of aromatic carboxylic acids is 1. The monoisotopic (exact) mass is 453 g/mol. The molecule has 5 rings (SSSR count). The van der Waals surface area contributed by atoms with Crippen molar-refractivity contribution < 1.29 is 19.1 Å². The zero-order valence-corrected chi connectivity index (χ0v) is 17.9. The van der Waals surface area contributed by atoms with Gasteiger partial charge < -0.3 is 10.4 Å². The Morgan fingerprint density at radius 2 is 1.97 bits per heavy atom. The van der Waals surface area contributed by atoms with E-state index in [-0.39, 0.29) is 17.0 Å². The highest BCUT2D eigenvalue weighted by atomic mass is 35.5. The number of amides is 1. The second kappa shape index (κ2) is 7.74. The number of nitrogens with zero attached hydrogens (tertiary/aromatic N) is 2. The minimum atomic E-state index is -1.10. The van der Waals surface area contributed by atoms with Gasteiger partial charge in [-0.1, -0.05) is 17.7 Å². The molecule has 2 aliphatic rings. The molecule has 2 aromatic carbocycles. The number of hydrogen-bond acceptors (Lipinski definition) is 3. The molecule has 2 fully saturated rings. The van der Waals surface area contributed by atoms with E-state index < -0.39 is 17.2 Å². The SMILES string of the molecule is O=C(O)c1cc(NC(=O)C2(c3cc(Cl)ccc3F)CC2)ccc1-c1cnn(C2CCC2)c1. The number of hydrogen-bond donors (Lipinski definition) is 2. The minimum Gasteiger partial charge on any atom is -0.478 e. The number of nitrogens with one attached hydrogen (secondary N) is 1. The van der Waals surface area contributed by atoms with Crippen LogP contribution in [-0.4, -0.2) is 26.8 Å². The van der Waals surface area contributed by atoms with Crippen molar-refractivity contribution in [3.05, 3.63) is 70.8 Å². The van der Waals surface area contributed by atoms with Gasteiger partial charge in [0.2, 0.25) is 5.91 Å². The maximum absolute atomic E-state index is 14.4. The van der Waals surface area contributed by atoms with E-state index in [4.69, 9.17) is 11.6 Å². The van der Waals surface area contributed by atoms with Crippen LogP contribution >= 0.6 is 11.6 Å². The van der Waals surface area contributed by atoms with Crippen LogP contribution in [-0.2, 0) is 10.2 Å². The molecular weight excluding hydrogens is 433 g/mol. The Morgan fingerprint density at radius 3 is 2.62 bits per heavy atom. The lowest BCUT2D eigenvalue weighted by atomic mass is 9.93. The van der Waals surface area contributed by atoms with Crippen LogP contribution in [0.4, 0.5) is 10.1 Å². The lowest BCUT2D eigenvalue weighted by Gasteiger charge is -2.25. The standard InChI is InChI=1S/C24H21ClFN3O3/c25-15-4-7-21(26)20(10-15)24(8-9-24)23(32)28-16-5-6-18(19(11-16)22(30)31)14-12-27-29(13-14)17-2-1-3-17/h4-7,10-13,17H,1-3,8-9H2,(H,28,32)(H,30,31). The predicted octanol–water partition coefficient (Wildman–Crippen LogP) is 5.44. The summed E-state index contributed by atoms with van der Waals surface area (Å²) in [5.74, 6) is -1.96. The zero-order valence-electron chi connectivity index (χ0n) is 17.1. The van der Waals surface area contributed by atoms with E-state index in [1.807, 2.05) is 10.9 Å². The van der Waals surface area contributed by atoms with Crippen molar-refractivity contribution in [3.63, 3.8) is 0 Å². The first kappa shape index (κ1) is 20.7. The van der Waals surface area contributed by atoms with Crippen molar-refractivity contribution in [1.29, 1.82) is 0 Å². The topological polar surface area (TPSA) is 84.2 Å². The van der Waals surface area contributed by atoms with Gasteiger partial charge in [-0.2, -0.15) is 5.10 Å². The Kier molecular flexibility index (Phi) is 5.01. The maximum Gasteiger partial charge on any atom is 0.336 e. The molecule has 0 bridgehead atoms. The van der Waals surface area contributed by atoms with Gasteiger partial charge in [-0.3, -0.25) is 9.48 Å². The van der Waals surface area contributed by atoms with Crippen LogP contribution in [0.15, 0.2) is 48.8 Å². The van der Waals surface area contributed by atoms with Gasteiger partial charge in [0.05, 0.1) is 23.2 Å². The van der Waals surface area contributed by atoms with E-state index in [0.29, 0.717) is 40.7 Å². The number of carboxylic acids is 1. The summed E-state index contributed by atoms with van der Waals surface area (Å²) in [6, 6.07) is 9.31. The van der Waals surface area contributed by atoms with Gasteiger partial charge in [-0.25, -0.2) is 9.18 Å². The molecule has 0 spiro atoms. The van der Waals surface area contributed by atoms with Crippen molar-refractivity contribution in [2.75, 3.05) is 5.32 Å². The highest BCUT2D eigenvalue weighted by molar-refractivity contribution is 6.30. The number of anilines is 1. The summed E-state index contributed by atoms with van der Waals surface area (Å²) in [5.41, 5.74) is 0.933. The summed E-state index contributed by atoms with van der Waals surface area (Å²) in [7, 11) is 0. The van der Waals surface area contributed by atoms with E-state index in [1.165, 1.54) is 30.7 Å². The van der Waals surface area contributed by atoms with Crippen molar-refractivity contribution >= 4 is 29.2 Å². The van der Waals surface area contributed by atoms with Crippen LogP contribution in [0.3, 0.4) is 0 Å². The van der Waals surface area contributed by atoms with Gasteiger partial charge in [-0.15, -0.1) is 0 Å². The number of benzene rings is 2. The summed E-state index contributed by atoms with van der Waals surface area (Å²) in [4.78, 5) is 25.0. The van der Waals surface area contributed by atoms with E-state index in [2.05, 4.69) is 10.4 Å². The molecule has 1 amide bonds. The normalized spacial score (nSPS) is 16.9. The zero-order chi connectivity index (χ0) is 22.5. The molecule has 0 aliphatic heterocycles. The molecule has 3 aromatic rings. The van der Waals surface area contributed by atoms with Gasteiger partial charge in [0, 0.05) is 28.0 Å². The molecule has 1 heterocycles. The molecule has 0 saturated heterocycles. The van der Waals surface area contributed by atoms with Gasteiger partial charge in [0.25, 0.3) is 0 Å². The van der Waals surface area contributed by atoms with E-state index in [0.717, 1.165) is 12.8 Å². The van der Waals surface area contributed by atoms with Crippen molar-refractivity contribution in [2.24, 2.45) is 0 Å². The molecule has 2 N–H and O–H groups in total. The Bertz CT molecular complexity index is 1230. The van der Waals surface area contributed by atoms with Gasteiger partial charge in [0.1, 0.15) is 5.82 Å². The third kappa shape index (κ3) is 3.56. The Hall–Kier alpha value is -3.19. The Balaban J connectivity index is 1.42. The number of carbonyl (C=O) groups excluding carboxylic acids is 1. The summed E-state index contributed by atoms with van der Waals surface area (Å²) in [6.07, 6.45) is 7.86. The van der Waals surface area contributed by atoms with Crippen molar-refractivity contribution in [3.8, 4) is 11.1 Å². The molecular formula is C24H21ClFN3O3. The highest BCUT2D eigenvalue weighted by Gasteiger charge is 2.53. The van der Waals surface area contributed by atoms with Crippen LogP contribution in [0.2, 0.25) is 5.02 Å². The number of aromatic nitrogens is 2. The van der Waals surface area contributed by atoms with Crippen LogP contribution in [0.1, 0.15) is 54.1 Å². The molecule has 0 atom stereocenters. The van der Waals surface area contributed by atoms with Crippen LogP contribution in [0, 0.1) is 5.82 Å². The Labute approximate surface area is 189 Å². The van der Waals surface area contributed by atoms with Gasteiger partial charge in [0.15, 0.2) is 0 Å². The summed E-state index contributed by atoms with van der Waals surface area (Å²) < 4.78 is 16.3. The third-order valence-electron chi connectivity index (χ3n) is 6.50.